The first-order valence-corrected chi connectivity index (χ1v) is 10.8. The number of aromatic nitrogens is 3. The highest BCUT2D eigenvalue weighted by Crippen LogP contribution is 2.20. The molecule has 0 aliphatic rings. The number of amides is 2. The Morgan fingerprint density at radius 3 is 2.65 bits per heavy atom. The molecule has 2 aromatic carbocycles. The van der Waals surface area contributed by atoms with Gasteiger partial charge in [-0.2, -0.15) is 0 Å². The topological polar surface area (TPSA) is 98.1 Å². The van der Waals surface area contributed by atoms with Gasteiger partial charge in [-0.15, -0.1) is 10.2 Å². The first-order valence-electron chi connectivity index (χ1n) is 9.76. The van der Waals surface area contributed by atoms with Gasteiger partial charge in [0.25, 0.3) is 0 Å². The minimum atomic E-state index is -0.152. The number of methoxy groups -OCH3 is 1. The average molecular weight is 440 g/mol. The van der Waals surface area contributed by atoms with Gasteiger partial charge in [-0.05, 0) is 30.7 Å². The highest BCUT2D eigenvalue weighted by Gasteiger charge is 2.13. The minimum absolute atomic E-state index is 0.0795. The molecule has 0 saturated heterocycles. The van der Waals surface area contributed by atoms with Crippen molar-refractivity contribution >= 4 is 35.0 Å². The molecule has 9 heteroatoms. The number of anilines is 2. The number of hydrogen-bond donors (Lipinski definition) is 2. The van der Waals surface area contributed by atoms with Crippen LogP contribution >= 0.6 is 11.8 Å². The molecule has 2 amide bonds. The molecule has 8 nitrogen and oxygen atoms in total. The van der Waals surface area contributed by atoms with E-state index in [4.69, 9.17) is 4.74 Å². The van der Waals surface area contributed by atoms with Gasteiger partial charge in [0, 0.05) is 37.3 Å². The summed E-state index contributed by atoms with van der Waals surface area (Å²) in [7, 11) is 3.41. The van der Waals surface area contributed by atoms with E-state index in [0.717, 1.165) is 11.3 Å². The van der Waals surface area contributed by atoms with Crippen molar-refractivity contribution in [3.8, 4) is 5.75 Å². The summed E-state index contributed by atoms with van der Waals surface area (Å²) in [5, 5.41) is 14.7. The van der Waals surface area contributed by atoms with Crippen LogP contribution in [0.4, 0.5) is 11.4 Å². The van der Waals surface area contributed by atoms with E-state index in [2.05, 4.69) is 20.8 Å². The second-order valence-electron chi connectivity index (χ2n) is 6.89. The monoisotopic (exact) mass is 439 g/mol. The lowest BCUT2D eigenvalue weighted by Gasteiger charge is -2.08. The molecule has 0 atom stereocenters. The number of aryl methyl sites for hydroxylation is 2. The van der Waals surface area contributed by atoms with Crippen molar-refractivity contribution in [3.05, 3.63) is 59.9 Å². The van der Waals surface area contributed by atoms with E-state index in [1.54, 1.807) is 19.2 Å². The molecule has 0 aliphatic carbocycles. The number of rotatable bonds is 9. The molecule has 0 aliphatic heterocycles. The van der Waals surface area contributed by atoms with Gasteiger partial charge in [0.15, 0.2) is 5.16 Å². The Labute approximate surface area is 185 Å². The van der Waals surface area contributed by atoms with Crippen molar-refractivity contribution in [2.45, 2.75) is 24.9 Å². The van der Waals surface area contributed by atoms with E-state index in [1.165, 1.54) is 11.8 Å². The molecule has 1 aromatic heterocycles. The molecule has 1 heterocycles. The molecule has 0 unspecified atom stereocenters. The molecule has 0 spiro atoms. The third-order valence-corrected chi connectivity index (χ3v) is 5.63. The Morgan fingerprint density at radius 2 is 1.87 bits per heavy atom. The molecule has 0 radical (unpaired) electrons. The number of thioether (sulfide) groups is 1. The maximum atomic E-state index is 12.3. The van der Waals surface area contributed by atoms with Crippen LogP contribution < -0.4 is 15.4 Å². The van der Waals surface area contributed by atoms with Crippen LogP contribution in [-0.2, 0) is 23.1 Å². The van der Waals surface area contributed by atoms with Gasteiger partial charge in [-0.3, -0.25) is 9.59 Å². The summed E-state index contributed by atoms with van der Waals surface area (Å²) in [6.07, 6.45) is 0.749. The molecule has 31 heavy (non-hydrogen) atoms. The zero-order valence-corrected chi connectivity index (χ0v) is 18.5. The van der Waals surface area contributed by atoms with Crippen LogP contribution in [0, 0.1) is 6.92 Å². The lowest BCUT2D eigenvalue weighted by molar-refractivity contribution is -0.116. The predicted molar refractivity (Wildman–Crippen MR) is 121 cm³/mol. The zero-order chi connectivity index (χ0) is 22.2. The van der Waals surface area contributed by atoms with Crippen LogP contribution in [0.3, 0.4) is 0 Å². The molecule has 0 bridgehead atoms. The summed E-state index contributed by atoms with van der Waals surface area (Å²) < 4.78 is 6.97. The number of nitrogens with one attached hydrogen (secondary N) is 2. The smallest absolute Gasteiger partial charge is 0.234 e. The molecule has 0 fully saturated rings. The van der Waals surface area contributed by atoms with Crippen molar-refractivity contribution in [2.75, 3.05) is 23.5 Å². The fourth-order valence-corrected chi connectivity index (χ4v) is 3.60. The molecule has 0 saturated carbocycles. The second kappa shape index (κ2) is 10.6. The third-order valence-electron chi connectivity index (χ3n) is 4.61. The van der Waals surface area contributed by atoms with E-state index in [0.29, 0.717) is 35.3 Å². The Hall–Kier alpha value is -3.33. The zero-order valence-electron chi connectivity index (χ0n) is 17.7. The maximum absolute atomic E-state index is 12.3. The minimum Gasteiger partial charge on any atom is -0.497 e. The molecular formula is C22H25N5O3S. The van der Waals surface area contributed by atoms with Crippen molar-refractivity contribution < 1.29 is 14.3 Å². The molecule has 3 rings (SSSR count). The summed E-state index contributed by atoms with van der Waals surface area (Å²) in [4.78, 5) is 24.5. The van der Waals surface area contributed by atoms with Crippen LogP contribution in [-0.4, -0.2) is 39.4 Å². The SMILES string of the molecule is COc1cccc(NC(=O)CSc2nnc(CCC(=O)Nc3ccccc3C)n2C)c1. The second-order valence-corrected chi connectivity index (χ2v) is 7.83. The number of nitrogens with zero attached hydrogens (tertiary/aromatic N) is 3. The number of ether oxygens (including phenoxy) is 1. The molecular weight excluding hydrogens is 414 g/mol. The van der Waals surface area contributed by atoms with Crippen LogP contribution in [0.15, 0.2) is 53.7 Å². The Morgan fingerprint density at radius 1 is 1.06 bits per heavy atom. The first-order chi connectivity index (χ1) is 15.0. The van der Waals surface area contributed by atoms with Gasteiger partial charge in [0.2, 0.25) is 11.8 Å². The molecule has 2 N–H and O–H groups in total. The van der Waals surface area contributed by atoms with Crippen LogP contribution in [0.5, 0.6) is 5.75 Å². The standard InChI is InChI=1S/C22H25N5O3S/c1-15-7-4-5-10-18(15)24-20(28)12-11-19-25-26-22(27(19)2)31-14-21(29)23-16-8-6-9-17(13-16)30-3/h4-10,13H,11-12,14H2,1-3H3,(H,23,29)(H,24,28). The van der Waals surface area contributed by atoms with Crippen molar-refractivity contribution in [3.63, 3.8) is 0 Å². The van der Waals surface area contributed by atoms with E-state index in [9.17, 15) is 9.59 Å². The van der Waals surface area contributed by atoms with Crippen LogP contribution in [0.2, 0.25) is 0 Å². The molecule has 3 aromatic rings. The first kappa shape index (κ1) is 22.4. The van der Waals surface area contributed by atoms with Gasteiger partial charge in [-0.1, -0.05) is 36.0 Å². The highest BCUT2D eigenvalue weighted by molar-refractivity contribution is 7.99. The fourth-order valence-electron chi connectivity index (χ4n) is 2.87. The quantitative estimate of drug-likeness (QED) is 0.496. The summed E-state index contributed by atoms with van der Waals surface area (Å²) in [6.45, 7) is 1.95. The fraction of sp³-hybridized carbons (Fsp3) is 0.273. The van der Waals surface area contributed by atoms with Gasteiger partial charge < -0.3 is 19.9 Å². The van der Waals surface area contributed by atoms with Gasteiger partial charge >= 0.3 is 0 Å². The van der Waals surface area contributed by atoms with E-state index in [1.807, 2.05) is 54.9 Å². The van der Waals surface area contributed by atoms with Gasteiger partial charge in [0.05, 0.1) is 12.9 Å². The number of benzene rings is 2. The van der Waals surface area contributed by atoms with Gasteiger partial charge in [0.1, 0.15) is 11.6 Å². The normalized spacial score (nSPS) is 10.5. The lowest BCUT2D eigenvalue weighted by Crippen LogP contribution is -2.15. The summed E-state index contributed by atoms with van der Waals surface area (Å²) in [5.41, 5.74) is 2.49. The Bertz CT molecular complexity index is 1070. The predicted octanol–water partition coefficient (Wildman–Crippen LogP) is 3.43. The number of para-hydroxylation sites is 1. The number of hydrogen-bond acceptors (Lipinski definition) is 6. The number of carbonyl (C=O) groups excluding carboxylic acids is 2. The molecule has 162 valence electrons. The third kappa shape index (κ3) is 6.32. The average Bonchev–Trinajstić information content (AvgIpc) is 3.12. The van der Waals surface area contributed by atoms with Crippen LogP contribution in [0.25, 0.3) is 0 Å². The highest BCUT2D eigenvalue weighted by atomic mass is 32.2. The largest absolute Gasteiger partial charge is 0.497 e. The lowest BCUT2D eigenvalue weighted by atomic mass is 10.2. The van der Waals surface area contributed by atoms with Crippen LogP contribution in [0.1, 0.15) is 17.8 Å². The van der Waals surface area contributed by atoms with Crippen molar-refractivity contribution in [1.29, 1.82) is 0 Å². The van der Waals surface area contributed by atoms with Crippen molar-refractivity contribution in [2.24, 2.45) is 7.05 Å². The van der Waals surface area contributed by atoms with Crippen molar-refractivity contribution in [1.82, 2.24) is 14.8 Å². The summed E-state index contributed by atoms with van der Waals surface area (Å²) >= 11 is 1.29. The van der Waals surface area contributed by atoms with Gasteiger partial charge in [-0.25, -0.2) is 0 Å². The van der Waals surface area contributed by atoms with E-state index < -0.39 is 0 Å². The van der Waals surface area contributed by atoms with E-state index in [-0.39, 0.29) is 17.6 Å². The van der Waals surface area contributed by atoms with E-state index >= 15 is 0 Å². The summed E-state index contributed by atoms with van der Waals surface area (Å²) in [6, 6.07) is 14.8. The maximum Gasteiger partial charge on any atom is 0.234 e. The Kier molecular flexibility index (Phi) is 7.66. The summed E-state index contributed by atoms with van der Waals surface area (Å²) in [5.74, 6) is 1.33. The number of carbonyl (C=O) groups is 2. The Balaban J connectivity index is 1.48.